The molecule has 5 heteroatoms. The summed E-state index contributed by atoms with van der Waals surface area (Å²) in [6, 6.07) is 16.2. The number of amides is 1. The Morgan fingerprint density at radius 3 is 2.52 bits per heavy atom. The number of nitrogens with one attached hydrogen (secondary N) is 1. The first-order valence-electron chi connectivity index (χ1n) is 9.41. The van der Waals surface area contributed by atoms with Crippen molar-refractivity contribution in [3.8, 4) is 11.5 Å². The van der Waals surface area contributed by atoms with Gasteiger partial charge in [-0.3, -0.25) is 4.79 Å². The third-order valence-corrected chi connectivity index (χ3v) is 4.84. The SMILES string of the molecule is CC1CCCCC1NC(=O)COC(=O)c1cccc(Oc2ccccc2)c1. The van der Waals surface area contributed by atoms with Crippen LogP contribution in [0.15, 0.2) is 54.6 Å². The summed E-state index contributed by atoms with van der Waals surface area (Å²) in [5, 5.41) is 2.98. The molecule has 2 aromatic carbocycles. The molecule has 142 valence electrons. The first-order valence-corrected chi connectivity index (χ1v) is 9.41. The van der Waals surface area contributed by atoms with Crippen LogP contribution in [0.4, 0.5) is 0 Å². The van der Waals surface area contributed by atoms with Crippen LogP contribution in [0.25, 0.3) is 0 Å². The van der Waals surface area contributed by atoms with E-state index >= 15 is 0 Å². The number of benzene rings is 2. The van der Waals surface area contributed by atoms with Gasteiger partial charge >= 0.3 is 5.97 Å². The molecule has 0 heterocycles. The van der Waals surface area contributed by atoms with Gasteiger partial charge in [-0.25, -0.2) is 4.79 Å². The normalized spacial score (nSPS) is 19.1. The summed E-state index contributed by atoms with van der Waals surface area (Å²) in [5.41, 5.74) is 0.349. The molecule has 0 bridgehead atoms. The first kappa shape index (κ1) is 19.0. The van der Waals surface area contributed by atoms with Crippen molar-refractivity contribution in [1.82, 2.24) is 5.32 Å². The molecular formula is C22H25NO4. The summed E-state index contributed by atoms with van der Waals surface area (Å²) in [6.45, 7) is 1.88. The lowest BCUT2D eigenvalue weighted by atomic mass is 9.86. The van der Waals surface area contributed by atoms with Gasteiger partial charge in [0.25, 0.3) is 5.91 Å². The number of para-hydroxylation sites is 1. The fourth-order valence-electron chi connectivity index (χ4n) is 3.30. The largest absolute Gasteiger partial charge is 0.457 e. The number of ether oxygens (including phenoxy) is 2. The summed E-state index contributed by atoms with van der Waals surface area (Å²) >= 11 is 0. The standard InChI is InChI=1S/C22H25NO4/c1-16-8-5-6-13-20(16)23-21(24)15-26-22(25)17-9-7-12-19(14-17)27-18-10-3-2-4-11-18/h2-4,7,9-12,14,16,20H,5-6,8,13,15H2,1H3,(H,23,24). The maximum absolute atomic E-state index is 12.3. The molecule has 0 aliphatic heterocycles. The Morgan fingerprint density at radius 1 is 1.00 bits per heavy atom. The Labute approximate surface area is 159 Å². The number of hydrogen-bond acceptors (Lipinski definition) is 4. The summed E-state index contributed by atoms with van der Waals surface area (Å²) in [6.07, 6.45) is 4.45. The van der Waals surface area contributed by atoms with E-state index < -0.39 is 5.97 Å². The van der Waals surface area contributed by atoms with Crippen LogP contribution in [0.3, 0.4) is 0 Å². The molecule has 1 amide bonds. The third kappa shape index (κ3) is 5.58. The summed E-state index contributed by atoms with van der Waals surface area (Å²) in [5.74, 6) is 0.893. The fraction of sp³-hybridized carbons (Fsp3) is 0.364. The molecular weight excluding hydrogens is 342 g/mol. The second-order valence-electron chi connectivity index (χ2n) is 6.95. The van der Waals surface area contributed by atoms with Gasteiger partial charge in [-0.1, -0.05) is 44.0 Å². The van der Waals surface area contributed by atoms with Gasteiger partial charge in [-0.15, -0.1) is 0 Å². The molecule has 2 aromatic rings. The van der Waals surface area contributed by atoms with Gasteiger partial charge in [0.1, 0.15) is 11.5 Å². The van der Waals surface area contributed by atoms with Crippen molar-refractivity contribution >= 4 is 11.9 Å². The molecule has 0 spiro atoms. The van der Waals surface area contributed by atoms with Crippen molar-refractivity contribution in [1.29, 1.82) is 0 Å². The number of carbonyl (C=O) groups excluding carboxylic acids is 2. The van der Waals surface area contributed by atoms with Crippen LogP contribution >= 0.6 is 0 Å². The summed E-state index contributed by atoms with van der Waals surface area (Å²) < 4.78 is 10.9. The average Bonchev–Trinajstić information content (AvgIpc) is 2.69. The van der Waals surface area contributed by atoms with Gasteiger partial charge in [0, 0.05) is 6.04 Å². The monoisotopic (exact) mass is 367 g/mol. The van der Waals surface area contributed by atoms with Gasteiger partial charge in [0.05, 0.1) is 5.56 Å². The molecule has 1 aliphatic carbocycles. The molecule has 3 rings (SSSR count). The average molecular weight is 367 g/mol. The molecule has 27 heavy (non-hydrogen) atoms. The topological polar surface area (TPSA) is 64.6 Å². The summed E-state index contributed by atoms with van der Waals surface area (Å²) in [4.78, 5) is 24.3. The first-order chi connectivity index (χ1) is 13.1. The van der Waals surface area contributed by atoms with Crippen LogP contribution in [-0.2, 0) is 9.53 Å². The summed E-state index contributed by atoms with van der Waals surface area (Å²) in [7, 11) is 0. The van der Waals surface area contributed by atoms with E-state index in [1.807, 2.05) is 30.3 Å². The van der Waals surface area contributed by atoms with Crippen LogP contribution in [-0.4, -0.2) is 24.5 Å². The molecule has 1 N–H and O–H groups in total. The number of rotatable bonds is 6. The highest BCUT2D eigenvalue weighted by molar-refractivity contribution is 5.91. The Kier molecular flexibility index (Phi) is 6.47. The van der Waals surface area contributed by atoms with Gasteiger partial charge in [-0.2, -0.15) is 0 Å². The van der Waals surface area contributed by atoms with E-state index in [-0.39, 0.29) is 18.6 Å². The maximum atomic E-state index is 12.3. The van der Waals surface area contributed by atoms with Gasteiger partial charge in [-0.05, 0) is 49.1 Å². The molecule has 0 saturated heterocycles. The van der Waals surface area contributed by atoms with Gasteiger partial charge in [0.15, 0.2) is 6.61 Å². The Balaban J connectivity index is 1.52. The lowest BCUT2D eigenvalue weighted by molar-refractivity contribution is -0.125. The molecule has 0 radical (unpaired) electrons. The second-order valence-corrected chi connectivity index (χ2v) is 6.95. The molecule has 1 aliphatic rings. The zero-order chi connectivity index (χ0) is 19.1. The Morgan fingerprint density at radius 2 is 1.74 bits per heavy atom. The van der Waals surface area contributed by atoms with Crippen LogP contribution in [0.1, 0.15) is 43.0 Å². The smallest absolute Gasteiger partial charge is 0.338 e. The van der Waals surface area contributed by atoms with Crippen LogP contribution in [0, 0.1) is 5.92 Å². The van der Waals surface area contributed by atoms with E-state index in [0.29, 0.717) is 23.0 Å². The molecule has 2 atom stereocenters. The molecule has 2 unspecified atom stereocenters. The van der Waals surface area contributed by atoms with Crippen molar-refractivity contribution in [2.75, 3.05) is 6.61 Å². The van der Waals surface area contributed by atoms with Crippen molar-refractivity contribution in [3.05, 3.63) is 60.2 Å². The highest BCUT2D eigenvalue weighted by Crippen LogP contribution is 2.24. The van der Waals surface area contributed by atoms with Crippen molar-refractivity contribution < 1.29 is 19.1 Å². The van der Waals surface area contributed by atoms with E-state index in [1.54, 1.807) is 24.3 Å². The van der Waals surface area contributed by atoms with Crippen LogP contribution < -0.4 is 10.1 Å². The predicted molar refractivity (Wildman–Crippen MR) is 103 cm³/mol. The number of carbonyl (C=O) groups is 2. The van der Waals surface area contributed by atoms with E-state index in [0.717, 1.165) is 19.3 Å². The minimum atomic E-state index is -0.541. The highest BCUT2D eigenvalue weighted by Gasteiger charge is 2.23. The molecule has 1 fully saturated rings. The Hall–Kier alpha value is -2.82. The van der Waals surface area contributed by atoms with Crippen molar-refractivity contribution in [2.45, 2.75) is 38.6 Å². The molecule has 0 aromatic heterocycles. The van der Waals surface area contributed by atoms with Crippen molar-refractivity contribution in [2.24, 2.45) is 5.92 Å². The molecule has 5 nitrogen and oxygen atoms in total. The lowest BCUT2D eigenvalue weighted by Crippen LogP contribution is -2.42. The van der Waals surface area contributed by atoms with E-state index in [4.69, 9.17) is 9.47 Å². The van der Waals surface area contributed by atoms with Crippen molar-refractivity contribution in [3.63, 3.8) is 0 Å². The highest BCUT2D eigenvalue weighted by atomic mass is 16.5. The van der Waals surface area contributed by atoms with E-state index in [9.17, 15) is 9.59 Å². The second kappa shape index (κ2) is 9.21. The van der Waals surface area contributed by atoms with Gasteiger partial charge in [0.2, 0.25) is 0 Å². The minimum absolute atomic E-state index is 0.174. The zero-order valence-electron chi connectivity index (χ0n) is 15.5. The van der Waals surface area contributed by atoms with Crippen LogP contribution in [0.2, 0.25) is 0 Å². The van der Waals surface area contributed by atoms with E-state index in [1.165, 1.54) is 6.42 Å². The number of hydrogen-bond donors (Lipinski definition) is 1. The lowest BCUT2D eigenvalue weighted by Gasteiger charge is -2.29. The zero-order valence-corrected chi connectivity index (χ0v) is 15.5. The maximum Gasteiger partial charge on any atom is 0.338 e. The predicted octanol–water partition coefficient (Wildman–Crippen LogP) is 4.33. The quantitative estimate of drug-likeness (QED) is 0.772. The molecule has 1 saturated carbocycles. The third-order valence-electron chi connectivity index (χ3n) is 4.84. The van der Waals surface area contributed by atoms with E-state index in [2.05, 4.69) is 12.2 Å². The van der Waals surface area contributed by atoms with Crippen LogP contribution in [0.5, 0.6) is 11.5 Å². The Bertz CT molecular complexity index is 775. The fourth-order valence-corrected chi connectivity index (χ4v) is 3.30. The minimum Gasteiger partial charge on any atom is -0.457 e. The van der Waals surface area contributed by atoms with Gasteiger partial charge < -0.3 is 14.8 Å². The number of esters is 1.